The zero-order chi connectivity index (χ0) is 47.0. The molecule has 3 unspecified atom stereocenters. The third kappa shape index (κ3) is 45.0. The lowest BCUT2D eigenvalue weighted by Gasteiger charge is -2.18. The summed E-state index contributed by atoms with van der Waals surface area (Å²) in [5.74, 6) is -2.42. The number of phosphoric ester groups is 1. The number of hydrogen-bond acceptors (Lipinski definition) is 8. The Morgan fingerprint density at radius 1 is 0.516 bits per heavy atom. The molecule has 3 atom stereocenters. The quantitative estimate of drug-likeness (QED) is 0.0200. The SMILES string of the molecule is CC/C=C\C/C=C\C/C=C\C/C=C\C/C=C\CCCCCCCC(=O)NC(COP(=O)(O)OCC(O)COC(=O)CCCCCCCC/C=C\C/C=C\C/C=C\CCCCC)C(=O)O. The molecule has 4 N–H and O–H groups in total. The van der Waals surface area contributed by atoms with Crippen molar-refractivity contribution in [1.82, 2.24) is 5.32 Å². The summed E-state index contributed by atoms with van der Waals surface area (Å²) >= 11 is 0. The normalized spacial score (nSPS) is 14.4. The van der Waals surface area contributed by atoms with E-state index in [2.05, 4.69) is 116 Å². The van der Waals surface area contributed by atoms with Crippen molar-refractivity contribution in [3.05, 3.63) is 97.2 Å². The third-order valence-corrected chi connectivity index (χ3v) is 10.8. The van der Waals surface area contributed by atoms with Gasteiger partial charge in [0, 0.05) is 12.8 Å². The number of carboxylic acids is 1. The molecule has 1 amide bonds. The van der Waals surface area contributed by atoms with Gasteiger partial charge in [-0.3, -0.25) is 18.6 Å². The van der Waals surface area contributed by atoms with Crippen LogP contribution in [-0.2, 0) is 32.7 Å². The number of carboxylic acid groups (broad SMARTS) is 1. The van der Waals surface area contributed by atoms with E-state index in [4.69, 9.17) is 13.8 Å². The van der Waals surface area contributed by atoms with Crippen LogP contribution in [0.15, 0.2) is 97.2 Å². The Hall–Kier alpha value is -3.60. The first-order valence-electron chi connectivity index (χ1n) is 24.3. The predicted molar refractivity (Wildman–Crippen MR) is 263 cm³/mol. The van der Waals surface area contributed by atoms with Gasteiger partial charge in [0.15, 0.2) is 6.04 Å². The van der Waals surface area contributed by atoms with Crippen molar-refractivity contribution in [1.29, 1.82) is 0 Å². The van der Waals surface area contributed by atoms with E-state index in [1.165, 1.54) is 25.7 Å². The standard InChI is InChI=1S/C52H86NO10P/c1-3-5-7-9-11-13-15-17-19-21-23-24-26-27-29-31-33-35-37-39-41-43-50(55)53-49(52(57)58)47-63-64(59,60)62-46-48(54)45-61-51(56)44-42-40-38-36-34-32-30-28-25-22-20-18-16-14-12-10-8-6-4-2/h5,7,11-14,17-20,23-25,27-29,48-49,54H,3-4,6,8-10,15-16,21-22,26,30-47H2,1-2H3,(H,53,55)(H,57,58)(H,59,60)/b7-5-,13-11-,14-12-,19-17-,20-18-,24-23-,28-25-,29-27-. The van der Waals surface area contributed by atoms with Gasteiger partial charge in [-0.2, -0.15) is 0 Å². The van der Waals surface area contributed by atoms with E-state index in [0.717, 1.165) is 116 Å². The average Bonchev–Trinajstić information content (AvgIpc) is 3.27. The van der Waals surface area contributed by atoms with Gasteiger partial charge in [0.1, 0.15) is 12.7 Å². The van der Waals surface area contributed by atoms with E-state index in [0.29, 0.717) is 12.8 Å². The predicted octanol–water partition coefficient (Wildman–Crippen LogP) is 13.2. The molecule has 0 saturated heterocycles. The summed E-state index contributed by atoms with van der Waals surface area (Å²) in [6.07, 6.45) is 58.5. The van der Waals surface area contributed by atoms with Crippen LogP contribution in [0.3, 0.4) is 0 Å². The summed E-state index contributed by atoms with van der Waals surface area (Å²) in [5.41, 5.74) is 0. The Morgan fingerprint density at radius 2 is 0.906 bits per heavy atom. The number of aliphatic carboxylic acids is 1. The van der Waals surface area contributed by atoms with Crippen LogP contribution in [0.4, 0.5) is 0 Å². The van der Waals surface area contributed by atoms with Gasteiger partial charge < -0.3 is 25.2 Å². The monoisotopic (exact) mass is 916 g/mol. The van der Waals surface area contributed by atoms with Crippen LogP contribution in [-0.4, -0.2) is 64.9 Å². The number of hydrogen-bond donors (Lipinski definition) is 4. The van der Waals surface area contributed by atoms with Crippen molar-refractivity contribution in [2.45, 2.75) is 193 Å². The van der Waals surface area contributed by atoms with Crippen molar-refractivity contribution in [3.63, 3.8) is 0 Å². The number of carbonyl (C=O) groups excluding carboxylic acids is 2. The molecule has 0 aromatic carbocycles. The topological polar surface area (TPSA) is 169 Å². The number of ether oxygens (including phenoxy) is 1. The number of esters is 1. The number of aliphatic hydroxyl groups is 1. The molecule has 0 rings (SSSR count). The Kier molecular flexibility index (Phi) is 43.4. The second kappa shape index (κ2) is 45.9. The van der Waals surface area contributed by atoms with E-state index in [9.17, 15) is 34.1 Å². The molecule has 0 bridgehead atoms. The van der Waals surface area contributed by atoms with Gasteiger partial charge >= 0.3 is 19.8 Å². The van der Waals surface area contributed by atoms with Gasteiger partial charge in [-0.1, -0.05) is 169 Å². The minimum absolute atomic E-state index is 0.117. The summed E-state index contributed by atoms with van der Waals surface area (Å²) in [6.45, 7) is 2.42. The van der Waals surface area contributed by atoms with E-state index < -0.39 is 57.6 Å². The van der Waals surface area contributed by atoms with Gasteiger partial charge in [0.2, 0.25) is 5.91 Å². The van der Waals surface area contributed by atoms with Gasteiger partial charge in [-0.05, 0) is 96.3 Å². The van der Waals surface area contributed by atoms with Crippen LogP contribution in [0, 0.1) is 0 Å². The molecular weight excluding hydrogens is 830 g/mol. The molecule has 0 heterocycles. The molecule has 0 saturated carbocycles. The van der Waals surface area contributed by atoms with E-state index in [1.54, 1.807) is 0 Å². The average molecular weight is 916 g/mol. The van der Waals surface area contributed by atoms with Gasteiger partial charge in [-0.25, -0.2) is 9.36 Å². The van der Waals surface area contributed by atoms with Crippen LogP contribution < -0.4 is 5.32 Å². The molecule has 0 radical (unpaired) electrons. The molecule has 0 aliphatic rings. The molecule has 11 nitrogen and oxygen atoms in total. The lowest BCUT2D eigenvalue weighted by molar-refractivity contribution is -0.147. The largest absolute Gasteiger partial charge is 0.480 e. The molecule has 0 aromatic rings. The number of phosphoric acid groups is 1. The highest BCUT2D eigenvalue weighted by atomic mass is 31.2. The second-order valence-electron chi connectivity index (χ2n) is 15.9. The van der Waals surface area contributed by atoms with Crippen molar-refractivity contribution >= 4 is 25.7 Å². The first-order valence-corrected chi connectivity index (χ1v) is 25.8. The van der Waals surface area contributed by atoms with Crippen LogP contribution in [0.2, 0.25) is 0 Å². The number of amides is 1. The van der Waals surface area contributed by atoms with Gasteiger partial charge in [0.05, 0.1) is 13.2 Å². The lowest BCUT2D eigenvalue weighted by atomic mass is 10.1. The fourth-order valence-corrected chi connectivity index (χ4v) is 6.88. The smallest absolute Gasteiger partial charge is 0.472 e. The molecule has 0 fully saturated rings. The van der Waals surface area contributed by atoms with Crippen LogP contribution >= 0.6 is 7.82 Å². The fraction of sp³-hybridized carbons (Fsp3) is 0.635. The Labute approximate surface area is 387 Å². The summed E-state index contributed by atoms with van der Waals surface area (Å²) in [7, 11) is -4.78. The van der Waals surface area contributed by atoms with Crippen molar-refractivity contribution in [2.24, 2.45) is 0 Å². The van der Waals surface area contributed by atoms with E-state index in [1.807, 2.05) is 0 Å². The first kappa shape index (κ1) is 60.4. The summed E-state index contributed by atoms with van der Waals surface area (Å²) in [4.78, 5) is 46.1. The molecule has 364 valence electrons. The first-order chi connectivity index (χ1) is 31.1. The van der Waals surface area contributed by atoms with Gasteiger partial charge in [0.25, 0.3) is 0 Å². The van der Waals surface area contributed by atoms with E-state index in [-0.39, 0.29) is 12.8 Å². The Bertz CT molecular complexity index is 1450. The highest BCUT2D eigenvalue weighted by Gasteiger charge is 2.28. The Morgan fingerprint density at radius 3 is 1.36 bits per heavy atom. The number of carbonyl (C=O) groups is 3. The lowest BCUT2D eigenvalue weighted by Crippen LogP contribution is -2.43. The zero-order valence-electron chi connectivity index (χ0n) is 39.5. The van der Waals surface area contributed by atoms with Gasteiger partial charge in [-0.15, -0.1) is 0 Å². The molecule has 0 aliphatic heterocycles. The molecular formula is C52H86NO10P. The maximum Gasteiger partial charge on any atom is 0.472 e. The second-order valence-corrected chi connectivity index (χ2v) is 17.4. The Balaban J connectivity index is 3.94. The number of unbranched alkanes of at least 4 members (excludes halogenated alkanes) is 14. The fourth-order valence-electron chi connectivity index (χ4n) is 6.11. The minimum atomic E-state index is -4.78. The van der Waals surface area contributed by atoms with E-state index >= 15 is 0 Å². The minimum Gasteiger partial charge on any atom is -0.480 e. The summed E-state index contributed by atoms with van der Waals surface area (Å²) < 4.78 is 26.9. The van der Waals surface area contributed by atoms with Crippen molar-refractivity contribution in [3.8, 4) is 0 Å². The van der Waals surface area contributed by atoms with Crippen molar-refractivity contribution < 1.29 is 47.8 Å². The molecule has 64 heavy (non-hydrogen) atoms. The van der Waals surface area contributed by atoms with Crippen LogP contribution in [0.1, 0.15) is 181 Å². The number of rotatable bonds is 44. The molecule has 0 aromatic heterocycles. The van der Waals surface area contributed by atoms with Crippen molar-refractivity contribution in [2.75, 3.05) is 19.8 Å². The molecule has 0 aliphatic carbocycles. The summed E-state index contributed by atoms with van der Waals surface area (Å²) in [6, 6.07) is -1.57. The molecule has 12 heteroatoms. The number of allylic oxidation sites excluding steroid dienone is 16. The maximum absolute atomic E-state index is 12.4. The zero-order valence-corrected chi connectivity index (χ0v) is 40.4. The third-order valence-electron chi connectivity index (χ3n) is 9.86. The molecule has 0 spiro atoms. The number of nitrogens with one attached hydrogen (secondary N) is 1. The highest BCUT2D eigenvalue weighted by molar-refractivity contribution is 7.47. The maximum atomic E-state index is 12.4. The highest BCUT2D eigenvalue weighted by Crippen LogP contribution is 2.43. The number of aliphatic hydroxyl groups excluding tert-OH is 1. The summed E-state index contributed by atoms with van der Waals surface area (Å²) in [5, 5.41) is 21.9. The van der Waals surface area contributed by atoms with Crippen LogP contribution in [0.25, 0.3) is 0 Å². The van der Waals surface area contributed by atoms with Crippen LogP contribution in [0.5, 0.6) is 0 Å².